The smallest absolute Gasteiger partial charge is 0.317 e. The second-order valence-electron chi connectivity index (χ2n) is 4.94. The second kappa shape index (κ2) is 7.24. The Morgan fingerprint density at radius 3 is 2.67 bits per heavy atom. The van der Waals surface area contributed by atoms with Crippen molar-refractivity contribution in [2.75, 3.05) is 32.7 Å². The molecule has 0 aliphatic carbocycles. The molecule has 1 aromatic rings. The van der Waals surface area contributed by atoms with E-state index in [1.165, 1.54) is 0 Å². The van der Waals surface area contributed by atoms with Gasteiger partial charge in [-0.1, -0.05) is 27.5 Å². The maximum absolute atomic E-state index is 12.5. The van der Waals surface area contributed by atoms with Gasteiger partial charge in [0.15, 0.2) is 0 Å². The number of hydrogen-bond donors (Lipinski definition) is 1. The molecule has 0 aromatic heterocycles. The summed E-state index contributed by atoms with van der Waals surface area (Å²) in [5.74, 6) is -0.949. The molecule has 1 aliphatic rings. The number of carbonyl (C=O) groups is 2. The average molecular weight is 376 g/mol. The van der Waals surface area contributed by atoms with Gasteiger partial charge in [0.05, 0.1) is 17.1 Å². The number of hydrogen-bond acceptors (Lipinski definition) is 3. The van der Waals surface area contributed by atoms with Crippen LogP contribution in [0.3, 0.4) is 0 Å². The summed E-state index contributed by atoms with van der Waals surface area (Å²) in [5, 5.41) is 9.25. The molecule has 1 amide bonds. The van der Waals surface area contributed by atoms with Crippen LogP contribution in [0.4, 0.5) is 0 Å². The normalized spacial score (nSPS) is 16.6. The van der Waals surface area contributed by atoms with Gasteiger partial charge in [-0.05, 0) is 24.6 Å². The highest BCUT2D eigenvalue weighted by Crippen LogP contribution is 2.23. The summed E-state index contributed by atoms with van der Waals surface area (Å²) in [6, 6.07) is 5.19. The molecule has 1 aliphatic heterocycles. The van der Waals surface area contributed by atoms with E-state index < -0.39 is 5.97 Å². The summed E-state index contributed by atoms with van der Waals surface area (Å²) in [4.78, 5) is 26.8. The number of amides is 1. The number of nitrogens with zero attached hydrogens (tertiary/aromatic N) is 2. The number of carboxylic acids is 1. The zero-order valence-corrected chi connectivity index (χ0v) is 13.7. The molecular weight excluding hydrogens is 360 g/mol. The van der Waals surface area contributed by atoms with E-state index in [-0.39, 0.29) is 12.5 Å². The fraction of sp³-hybridized carbons (Fsp3) is 0.429. The first-order valence-electron chi connectivity index (χ1n) is 6.66. The Morgan fingerprint density at radius 2 is 2.00 bits per heavy atom. The highest BCUT2D eigenvalue weighted by molar-refractivity contribution is 9.10. The predicted molar refractivity (Wildman–Crippen MR) is 83.7 cm³/mol. The molecule has 1 aromatic carbocycles. The molecule has 0 atom stereocenters. The Morgan fingerprint density at radius 1 is 1.24 bits per heavy atom. The molecule has 2 rings (SSSR count). The van der Waals surface area contributed by atoms with Gasteiger partial charge in [-0.3, -0.25) is 14.5 Å². The number of aliphatic carboxylic acids is 1. The van der Waals surface area contributed by atoms with Crippen LogP contribution in [0.25, 0.3) is 0 Å². The molecule has 1 saturated heterocycles. The number of benzene rings is 1. The Bertz CT molecular complexity index is 553. The van der Waals surface area contributed by atoms with Crippen LogP contribution in [-0.2, 0) is 4.79 Å². The highest BCUT2D eigenvalue weighted by atomic mass is 79.9. The minimum atomic E-state index is -0.842. The Labute approximate surface area is 136 Å². The van der Waals surface area contributed by atoms with Crippen LogP contribution < -0.4 is 0 Å². The predicted octanol–water partition coefficient (Wildman–Crippen LogP) is 2.33. The van der Waals surface area contributed by atoms with Crippen molar-refractivity contribution in [3.63, 3.8) is 0 Å². The van der Waals surface area contributed by atoms with Crippen LogP contribution in [0.15, 0.2) is 22.7 Å². The van der Waals surface area contributed by atoms with Gasteiger partial charge in [0.25, 0.3) is 5.91 Å². The molecule has 5 nitrogen and oxygen atoms in total. The van der Waals surface area contributed by atoms with Crippen LogP contribution in [-0.4, -0.2) is 59.5 Å². The van der Waals surface area contributed by atoms with Crippen molar-refractivity contribution in [1.29, 1.82) is 0 Å². The van der Waals surface area contributed by atoms with Gasteiger partial charge >= 0.3 is 5.97 Å². The van der Waals surface area contributed by atoms with Gasteiger partial charge in [-0.15, -0.1) is 0 Å². The number of carboxylic acid groups (broad SMARTS) is 1. The minimum absolute atomic E-state index is 0.0150. The van der Waals surface area contributed by atoms with Crippen molar-refractivity contribution in [3.8, 4) is 0 Å². The van der Waals surface area contributed by atoms with Crippen LogP contribution in [0.1, 0.15) is 16.8 Å². The van der Waals surface area contributed by atoms with Gasteiger partial charge < -0.3 is 10.0 Å². The standard InChI is InChI=1S/C14H16BrClN2O3/c15-10-2-3-11(12(16)8-10)14(21)18-5-1-4-17(6-7-18)9-13(19)20/h2-3,8H,1,4-7,9H2,(H,19,20). The summed E-state index contributed by atoms with van der Waals surface area (Å²) < 4.78 is 0.826. The van der Waals surface area contributed by atoms with Crippen molar-refractivity contribution in [1.82, 2.24) is 9.80 Å². The summed E-state index contributed by atoms with van der Waals surface area (Å²) in [7, 11) is 0. The minimum Gasteiger partial charge on any atom is -0.480 e. The van der Waals surface area contributed by atoms with Gasteiger partial charge in [0, 0.05) is 30.7 Å². The van der Waals surface area contributed by atoms with E-state index in [2.05, 4.69) is 15.9 Å². The molecule has 0 saturated carbocycles. The lowest BCUT2D eigenvalue weighted by molar-refractivity contribution is -0.138. The lowest BCUT2D eigenvalue weighted by Gasteiger charge is -2.21. The third-order valence-corrected chi connectivity index (χ3v) is 4.20. The molecule has 0 unspecified atom stereocenters. The molecule has 0 radical (unpaired) electrons. The monoisotopic (exact) mass is 374 g/mol. The summed E-state index contributed by atoms with van der Waals surface area (Å²) >= 11 is 9.43. The van der Waals surface area contributed by atoms with Gasteiger partial charge in [-0.25, -0.2) is 0 Å². The highest BCUT2D eigenvalue weighted by Gasteiger charge is 2.22. The van der Waals surface area contributed by atoms with Crippen molar-refractivity contribution >= 4 is 39.4 Å². The Kier molecular flexibility index (Phi) is 5.61. The zero-order chi connectivity index (χ0) is 15.4. The number of rotatable bonds is 3. The molecule has 0 spiro atoms. The molecule has 1 heterocycles. The van der Waals surface area contributed by atoms with E-state index in [0.717, 1.165) is 10.9 Å². The Balaban J connectivity index is 2.04. The molecule has 0 bridgehead atoms. The van der Waals surface area contributed by atoms with Crippen LogP contribution in [0.5, 0.6) is 0 Å². The number of carbonyl (C=O) groups excluding carboxylic acids is 1. The van der Waals surface area contributed by atoms with E-state index in [1.54, 1.807) is 23.1 Å². The first-order valence-corrected chi connectivity index (χ1v) is 7.83. The second-order valence-corrected chi connectivity index (χ2v) is 6.26. The molecular formula is C14H16BrClN2O3. The fourth-order valence-electron chi connectivity index (χ4n) is 2.36. The van der Waals surface area contributed by atoms with Crippen LogP contribution in [0.2, 0.25) is 5.02 Å². The first-order chi connectivity index (χ1) is 9.97. The van der Waals surface area contributed by atoms with E-state index in [9.17, 15) is 9.59 Å². The number of halogens is 2. The molecule has 7 heteroatoms. The van der Waals surface area contributed by atoms with Gasteiger partial charge in [0.1, 0.15) is 0 Å². The topological polar surface area (TPSA) is 60.9 Å². The summed E-state index contributed by atoms with van der Waals surface area (Å²) in [5.41, 5.74) is 0.478. The third-order valence-electron chi connectivity index (χ3n) is 3.40. The lowest BCUT2D eigenvalue weighted by atomic mass is 10.2. The SMILES string of the molecule is O=C(O)CN1CCCN(C(=O)c2ccc(Br)cc2Cl)CC1. The first kappa shape index (κ1) is 16.3. The summed E-state index contributed by atoms with van der Waals surface area (Å²) in [6.45, 7) is 2.39. The zero-order valence-electron chi connectivity index (χ0n) is 11.4. The Hall–Kier alpha value is -1.11. The van der Waals surface area contributed by atoms with Gasteiger partial charge in [0.2, 0.25) is 0 Å². The van der Waals surface area contributed by atoms with Crippen molar-refractivity contribution in [3.05, 3.63) is 33.3 Å². The van der Waals surface area contributed by atoms with Crippen molar-refractivity contribution in [2.45, 2.75) is 6.42 Å². The van der Waals surface area contributed by atoms with Crippen LogP contribution >= 0.6 is 27.5 Å². The van der Waals surface area contributed by atoms with Crippen molar-refractivity contribution < 1.29 is 14.7 Å². The third kappa shape index (κ3) is 4.43. The maximum Gasteiger partial charge on any atom is 0.317 e. The average Bonchev–Trinajstić information content (AvgIpc) is 2.63. The van der Waals surface area contributed by atoms with Crippen LogP contribution in [0, 0.1) is 0 Å². The molecule has 21 heavy (non-hydrogen) atoms. The van der Waals surface area contributed by atoms with E-state index in [0.29, 0.717) is 36.8 Å². The molecule has 114 valence electrons. The summed E-state index contributed by atoms with van der Waals surface area (Å²) in [6.07, 6.45) is 0.757. The molecule has 1 N–H and O–H groups in total. The largest absolute Gasteiger partial charge is 0.480 e. The lowest BCUT2D eigenvalue weighted by Crippen LogP contribution is -2.36. The van der Waals surface area contributed by atoms with E-state index in [4.69, 9.17) is 16.7 Å². The fourth-order valence-corrected chi connectivity index (χ4v) is 3.11. The molecule has 1 fully saturated rings. The van der Waals surface area contributed by atoms with Gasteiger partial charge in [-0.2, -0.15) is 0 Å². The van der Waals surface area contributed by atoms with E-state index >= 15 is 0 Å². The van der Waals surface area contributed by atoms with Crippen molar-refractivity contribution in [2.24, 2.45) is 0 Å². The van der Waals surface area contributed by atoms with E-state index in [1.807, 2.05) is 4.90 Å². The maximum atomic E-state index is 12.5. The quantitative estimate of drug-likeness (QED) is 0.881.